The Balaban J connectivity index is 2.09. The molecule has 2 rings (SSSR count). The van der Waals surface area contributed by atoms with Crippen molar-refractivity contribution in [2.45, 2.75) is 26.3 Å². The number of nitrogens with zero attached hydrogens (tertiary/aromatic N) is 2. The van der Waals surface area contributed by atoms with Gasteiger partial charge >= 0.3 is 5.97 Å². The first kappa shape index (κ1) is 19.2. The van der Waals surface area contributed by atoms with Gasteiger partial charge in [-0.15, -0.1) is 0 Å². The summed E-state index contributed by atoms with van der Waals surface area (Å²) in [6.45, 7) is 4.43. The van der Waals surface area contributed by atoms with Gasteiger partial charge in [-0.25, -0.2) is 14.8 Å². The highest BCUT2D eigenvalue weighted by Gasteiger charge is 2.16. The number of amides is 1. The molecule has 1 atom stereocenters. The average molecular weight is 359 g/mol. The third-order valence-electron chi connectivity index (χ3n) is 3.60. The number of carbonyl (C=O) groups is 2. The Labute approximate surface area is 151 Å². The van der Waals surface area contributed by atoms with E-state index in [1.807, 2.05) is 19.9 Å². The zero-order valence-corrected chi connectivity index (χ0v) is 14.9. The number of hydrogen-bond acceptors (Lipinski definition) is 6. The van der Waals surface area contributed by atoms with Gasteiger partial charge in [0.05, 0.1) is 32.2 Å². The molecule has 26 heavy (non-hydrogen) atoms. The normalized spacial score (nSPS) is 11.5. The van der Waals surface area contributed by atoms with Crippen LogP contribution in [0.1, 0.15) is 52.9 Å². The van der Waals surface area contributed by atoms with E-state index in [0.717, 1.165) is 24.4 Å². The van der Waals surface area contributed by atoms with Gasteiger partial charge in [0, 0.05) is 0 Å². The number of hydrogen-bond donors (Lipinski definition) is 2. The SMILES string of the molecule is CCCOc1ccc(C(C)NC(=O)c2cnc(C(=O)O)cn2)cc1OC. The van der Waals surface area contributed by atoms with E-state index in [9.17, 15) is 9.59 Å². The predicted octanol–water partition coefficient (Wildman–Crippen LogP) is 2.46. The van der Waals surface area contributed by atoms with Crippen LogP contribution in [0, 0.1) is 0 Å². The molecule has 8 heteroatoms. The van der Waals surface area contributed by atoms with Crippen molar-refractivity contribution in [2.24, 2.45) is 0 Å². The van der Waals surface area contributed by atoms with E-state index >= 15 is 0 Å². The maximum absolute atomic E-state index is 12.3. The number of methoxy groups -OCH3 is 1. The van der Waals surface area contributed by atoms with Gasteiger partial charge in [-0.05, 0) is 31.0 Å². The molecule has 0 bridgehead atoms. The lowest BCUT2D eigenvalue weighted by Gasteiger charge is -2.17. The standard InChI is InChI=1S/C18H21N3O5/c1-4-7-26-15-6-5-12(8-16(15)25-3)11(2)21-17(22)13-9-20-14(10-19-13)18(23)24/h5-6,8-11H,4,7H2,1-3H3,(H,21,22)(H,23,24). The monoisotopic (exact) mass is 359 g/mol. The first-order valence-corrected chi connectivity index (χ1v) is 8.13. The third kappa shape index (κ3) is 4.69. The molecule has 2 N–H and O–H groups in total. The number of carboxylic acid groups (broad SMARTS) is 1. The van der Waals surface area contributed by atoms with Crippen molar-refractivity contribution in [1.29, 1.82) is 0 Å². The molecule has 0 spiro atoms. The van der Waals surface area contributed by atoms with Crippen LogP contribution in [0.15, 0.2) is 30.6 Å². The molecule has 1 amide bonds. The van der Waals surface area contributed by atoms with Crippen molar-refractivity contribution in [3.63, 3.8) is 0 Å². The van der Waals surface area contributed by atoms with Crippen LogP contribution < -0.4 is 14.8 Å². The predicted molar refractivity (Wildman–Crippen MR) is 93.7 cm³/mol. The summed E-state index contributed by atoms with van der Waals surface area (Å²) < 4.78 is 11.0. The van der Waals surface area contributed by atoms with E-state index in [-0.39, 0.29) is 17.4 Å². The second-order valence-corrected chi connectivity index (χ2v) is 5.55. The second kappa shape index (κ2) is 8.80. The number of benzene rings is 1. The van der Waals surface area contributed by atoms with Gasteiger partial charge < -0.3 is 19.9 Å². The first-order valence-electron chi connectivity index (χ1n) is 8.13. The lowest BCUT2D eigenvalue weighted by molar-refractivity contribution is 0.0689. The minimum atomic E-state index is -1.20. The van der Waals surface area contributed by atoms with Crippen LogP contribution in [0.25, 0.3) is 0 Å². The van der Waals surface area contributed by atoms with Gasteiger partial charge in [0.2, 0.25) is 0 Å². The lowest BCUT2D eigenvalue weighted by atomic mass is 10.1. The number of aromatic carboxylic acids is 1. The summed E-state index contributed by atoms with van der Waals surface area (Å²) in [5.41, 5.74) is 0.646. The average Bonchev–Trinajstić information content (AvgIpc) is 2.66. The molecule has 1 aromatic carbocycles. The Morgan fingerprint density at radius 2 is 1.88 bits per heavy atom. The molecule has 0 aliphatic carbocycles. The fourth-order valence-electron chi connectivity index (χ4n) is 2.19. The molecular weight excluding hydrogens is 338 g/mol. The molecule has 0 saturated carbocycles. The topological polar surface area (TPSA) is 111 Å². The molecule has 0 fully saturated rings. The largest absolute Gasteiger partial charge is 0.493 e. The highest BCUT2D eigenvalue weighted by molar-refractivity contribution is 5.93. The molecule has 0 aliphatic heterocycles. The molecule has 8 nitrogen and oxygen atoms in total. The first-order chi connectivity index (χ1) is 12.5. The minimum Gasteiger partial charge on any atom is -0.493 e. The summed E-state index contributed by atoms with van der Waals surface area (Å²) in [6.07, 6.45) is 3.07. The van der Waals surface area contributed by atoms with Crippen LogP contribution in [0.3, 0.4) is 0 Å². The van der Waals surface area contributed by atoms with Crippen molar-refractivity contribution in [3.05, 3.63) is 47.5 Å². The number of ether oxygens (including phenoxy) is 2. The Morgan fingerprint density at radius 1 is 1.19 bits per heavy atom. The summed E-state index contributed by atoms with van der Waals surface area (Å²) in [6, 6.07) is 5.12. The summed E-state index contributed by atoms with van der Waals surface area (Å²) in [4.78, 5) is 30.5. The van der Waals surface area contributed by atoms with E-state index in [4.69, 9.17) is 14.6 Å². The highest BCUT2D eigenvalue weighted by atomic mass is 16.5. The fraction of sp³-hybridized carbons (Fsp3) is 0.333. The maximum atomic E-state index is 12.3. The van der Waals surface area contributed by atoms with Gasteiger partial charge in [0.25, 0.3) is 5.91 Å². The van der Waals surface area contributed by atoms with Crippen molar-refractivity contribution in [2.75, 3.05) is 13.7 Å². The van der Waals surface area contributed by atoms with Gasteiger partial charge in [-0.1, -0.05) is 13.0 Å². The Hall–Kier alpha value is -3.16. The summed E-state index contributed by atoms with van der Waals surface area (Å²) in [5, 5.41) is 11.6. The van der Waals surface area contributed by atoms with Crippen molar-refractivity contribution in [3.8, 4) is 11.5 Å². The number of carboxylic acids is 1. The zero-order valence-electron chi connectivity index (χ0n) is 14.9. The van der Waals surface area contributed by atoms with Crippen LogP contribution in [-0.4, -0.2) is 40.7 Å². The van der Waals surface area contributed by atoms with E-state index in [0.29, 0.717) is 18.1 Å². The highest BCUT2D eigenvalue weighted by Crippen LogP contribution is 2.30. The lowest BCUT2D eigenvalue weighted by Crippen LogP contribution is -2.27. The van der Waals surface area contributed by atoms with E-state index in [1.165, 1.54) is 0 Å². The zero-order chi connectivity index (χ0) is 19.1. The smallest absolute Gasteiger partial charge is 0.356 e. The molecular formula is C18H21N3O5. The van der Waals surface area contributed by atoms with E-state index in [2.05, 4.69) is 15.3 Å². The van der Waals surface area contributed by atoms with E-state index < -0.39 is 11.9 Å². The van der Waals surface area contributed by atoms with Gasteiger partial charge in [-0.2, -0.15) is 0 Å². The number of rotatable bonds is 8. The molecule has 1 heterocycles. The quantitative estimate of drug-likeness (QED) is 0.745. The fourth-order valence-corrected chi connectivity index (χ4v) is 2.19. The minimum absolute atomic E-state index is 0.0386. The van der Waals surface area contributed by atoms with Gasteiger partial charge in [0.1, 0.15) is 5.69 Å². The molecule has 0 aliphatic rings. The maximum Gasteiger partial charge on any atom is 0.356 e. The van der Waals surface area contributed by atoms with Crippen LogP contribution >= 0.6 is 0 Å². The molecule has 2 aromatic rings. The molecule has 1 unspecified atom stereocenters. The molecule has 1 aromatic heterocycles. The summed E-state index contributed by atoms with van der Waals surface area (Å²) >= 11 is 0. The Bertz CT molecular complexity index is 777. The molecule has 138 valence electrons. The number of aromatic nitrogens is 2. The van der Waals surface area contributed by atoms with E-state index in [1.54, 1.807) is 19.2 Å². The van der Waals surface area contributed by atoms with Crippen LogP contribution in [0.5, 0.6) is 11.5 Å². The van der Waals surface area contributed by atoms with Crippen LogP contribution in [0.4, 0.5) is 0 Å². The molecule has 0 radical (unpaired) electrons. The Kier molecular flexibility index (Phi) is 6.48. The van der Waals surface area contributed by atoms with Gasteiger partial charge in [0.15, 0.2) is 17.2 Å². The number of nitrogens with one attached hydrogen (secondary N) is 1. The van der Waals surface area contributed by atoms with Crippen LogP contribution in [-0.2, 0) is 0 Å². The van der Waals surface area contributed by atoms with Gasteiger partial charge in [-0.3, -0.25) is 4.79 Å². The van der Waals surface area contributed by atoms with Crippen LogP contribution in [0.2, 0.25) is 0 Å². The number of carbonyl (C=O) groups excluding carboxylic acids is 1. The van der Waals surface area contributed by atoms with Crippen molar-refractivity contribution in [1.82, 2.24) is 15.3 Å². The van der Waals surface area contributed by atoms with Crippen molar-refractivity contribution < 1.29 is 24.2 Å². The summed E-state index contributed by atoms with van der Waals surface area (Å²) in [7, 11) is 1.56. The van der Waals surface area contributed by atoms with Crippen molar-refractivity contribution >= 4 is 11.9 Å². The second-order valence-electron chi connectivity index (χ2n) is 5.55. The third-order valence-corrected chi connectivity index (χ3v) is 3.60. The summed E-state index contributed by atoms with van der Waals surface area (Å²) in [5.74, 6) is -0.420. The Morgan fingerprint density at radius 3 is 2.46 bits per heavy atom. The molecule has 0 saturated heterocycles.